The maximum atomic E-state index is 12.7. The van der Waals surface area contributed by atoms with Crippen LogP contribution < -0.4 is 4.74 Å². The Bertz CT molecular complexity index is 610. The van der Waals surface area contributed by atoms with Crippen molar-refractivity contribution >= 4 is 11.9 Å². The summed E-state index contributed by atoms with van der Waals surface area (Å²) in [5, 5.41) is 9.71. The van der Waals surface area contributed by atoms with E-state index in [4.69, 9.17) is 9.47 Å². The van der Waals surface area contributed by atoms with Crippen LogP contribution in [0.2, 0.25) is 0 Å². The number of rotatable bonds is 7. The predicted octanol–water partition coefficient (Wildman–Crippen LogP) is 2.85. The largest absolute Gasteiger partial charge is 0.497 e. The van der Waals surface area contributed by atoms with Gasteiger partial charge in [-0.2, -0.15) is 0 Å². The number of hydrogen-bond donors (Lipinski definition) is 1. The third-order valence-corrected chi connectivity index (χ3v) is 5.03. The van der Waals surface area contributed by atoms with E-state index in [-0.39, 0.29) is 12.5 Å². The molecule has 6 heteroatoms. The number of amides is 1. The van der Waals surface area contributed by atoms with Gasteiger partial charge in [0.2, 0.25) is 0 Å². The van der Waals surface area contributed by atoms with Crippen LogP contribution in [0.15, 0.2) is 24.3 Å². The van der Waals surface area contributed by atoms with Crippen LogP contribution in [-0.2, 0) is 20.9 Å². The smallest absolute Gasteiger partial charge is 0.329 e. The van der Waals surface area contributed by atoms with Crippen LogP contribution in [0.25, 0.3) is 0 Å². The highest BCUT2D eigenvalue weighted by Gasteiger charge is 2.46. The topological polar surface area (TPSA) is 76.1 Å². The average molecular weight is 349 g/mol. The lowest BCUT2D eigenvalue weighted by molar-refractivity contribution is -0.165. The van der Waals surface area contributed by atoms with Crippen molar-refractivity contribution in [2.75, 3.05) is 14.2 Å². The van der Waals surface area contributed by atoms with Crippen molar-refractivity contribution < 1.29 is 24.2 Å². The van der Waals surface area contributed by atoms with Crippen molar-refractivity contribution in [3.63, 3.8) is 0 Å². The number of carbonyl (C=O) groups excluding carboxylic acids is 1. The molecule has 1 amide bonds. The van der Waals surface area contributed by atoms with Gasteiger partial charge in [-0.15, -0.1) is 0 Å². The number of nitrogens with zero attached hydrogens (tertiary/aromatic N) is 1. The molecule has 1 saturated carbocycles. The van der Waals surface area contributed by atoms with Crippen molar-refractivity contribution in [3.8, 4) is 5.75 Å². The molecule has 0 radical (unpaired) electrons. The molecule has 0 aliphatic heterocycles. The molecule has 0 spiro atoms. The third-order valence-electron chi connectivity index (χ3n) is 5.03. The van der Waals surface area contributed by atoms with Gasteiger partial charge >= 0.3 is 5.97 Å². The van der Waals surface area contributed by atoms with Crippen LogP contribution in [0.1, 0.15) is 44.6 Å². The molecular formula is C19H27NO5. The molecule has 25 heavy (non-hydrogen) atoms. The molecule has 2 rings (SSSR count). The molecule has 1 aromatic rings. The summed E-state index contributed by atoms with van der Waals surface area (Å²) in [4.78, 5) is 25.9. The Balaban J connectivity index is 2.01. The number of carboxylic acids is 1. The van der Waals surface area contributed by atoms with Gasteiger partial charge in [-0.25, -0.2) is 4.79 Å². The monoisotopic (exact) mass is 349 g/mol. The minimum atomic E-state index is -1.11. The van der Waals surface area contributed by atoms with E-state index in [1.807, 2.05) is 24.3 Å². The molecule has 1 unspecified atom stereocenters. The minimum Gasteiger partial charge on any atom is -0.497 e. The molecule has 1 aliphatic carbocycles. The first-order valence-corrected chi connectivity index (χ1v) is 8.66. The number of likely N-dealkylation sites (N-methyl/N-ethyl adjacent to an activating group) is 1. The van der Waals surface area contributed by atoms with Gasteiger partial charge in [-0.1, -0.05) is 31.4 Å². The van der Waals surface area contributed by atoms with Crippen molar-refractivity contribution in [2.45, 2.75) is 57.3 Å². The number of carboxylic acid groups (broad SMARTS) is 1. The summed E-state index contributed by atoms with van der Waals surface area (Å²) in [5.41, 5.74) is -0.213. The lowest BCUT2D eigenvalue weighted by Crippen LogP contribution is -2.58. The van der Waals surface area contributed by atoms with Crippen LogP contribution in [0.5, 0.6) is 5.75 Å². The van der Waals surface area contributed by atoms with Gasteiger partial charge in [0.25, 0.3) is 5.91 Å². The molecule has 1 aliphatic rings. The second-order valence-electron chi connectivity index (χ2n) is 6.60. The fourth-order valence-electron chi connectivity index (χ4n) is 3.37. The Labute approximate surface area is 148 Å². The number of hydrogen-bond acceptors (Lipinski definition) is 4. The van der Waals surface area contributed by atoms with Crippen LogP contribution in [0, 0.1) is 0 Å². The normalized spacial score (nSPS) is 17.6. The first-order valence-electron chi connectivity index (χ1n) is 8.66. The van der Waals surface area contributed by atoms with E-state index < -0.39 is 17.6 Å². The number of methoxy groups -OCH3 is 1. The fraction of sp³-hybridized carbons (Fsp3) is 0.579. The van der Waals surface area contributed by atoms with E-state index in [1.165, 1.54) is 4.90 Å². The van der Waals surface area contributed by atoms with E-state index >= 15 is 0 Å². The van der Waals surface area contributed by atoms with Crippen molar-refractivity contribution in [1.82, 2.24) is 4.90 Å². The lowest BCUT2D eigenvalue weighted by atomic mass is 9.80. The molecule has 6 nitrogen and oxygen atoms in total. The van der Waals surface area contributed by atoms with Gasteiger partial charge in [0.05, 0.1) is 13.7 Å². The maximum Gasteiger partial charge on any atom is 0.329 e. The Morgan fingerprint density at radius 2 is 1.96 bits per heavy atom. The average Bonchev–Trinajstić information content (AvgIpc) is 2.65. The first kappa shape index (κ1) is 19.2. The summed E-state index contributed by atoms with van der Waals surface area (Å²) in [6, 6.07) is 7.44. The fourth-order valence-corrected chi connectivity index (χ4v) is 3.37. The second kappa shape index (κ2) is 8.34. The van der Waals surface area contributed by atoms with Crippen LogP contribution in [0.3, 0.4) is 0 Å². The van der Waals surface area contributed by atoms with E-state index in [0.717, 1.165) is 30.6 Å². The molecule has 1 fully saturated rings. The molecule has 138 valence electrons. The van der Waals surface area contributed by atoms with E-state index in [1.54, 1.807) is 21.1 Å². The molecule has 1 atom stereocenters. The van der Waals surface area contributed by atoms with Gasteiger partial charge in [0, 0.05) is 7.05 Å². The summed E-state index contributed by atoms with van der Waals surface area (Å²) in [7, 11) is 3.17. The molecule has 0 bridgehead atoms. The highest BCUT2D eigenvalue weighted by atomic mass is 16.5. The Hall–Kier alpha value is -2.08. The zero-order chi connectivity index (χ0) is 18.4. The predicted molar refractivity (Wildman–Crippen MR) is 93.5 cm³/mol. The van der Waals surface area contributed by atoms with Crippen LogP contribution in [0.4, 0.5) is 0 Å². The standard InChI is InChI=1S/C19H27NO5/c1-14(25-13-15-8-7-9-16(12-15)24-3)17(21)20(2)19(18(22)23)10-5-4-6-11-19/h7-9,12,14H,4-6,10-11,13H2,1-3H3,(H,22,23). The van der Waals surface area contributed by atoms with Gasteiger partial charge in [-0.3, -0.25) is 4.79 Å². The minimum absolute atomic E-state index is 0.262. The lowest BCUT2D eigenvalue weighted by Gasteiger charge is -2.41. The van der Waals surface area contributed by atoms with Crippen LogP contribution in [-0.4, -0.2) is 47.7 Å². The highest BCUT2D eigenvalue weighted by molar-refractivity contribution is 5.89. The quantitative estimate of drug-likeness (QED) is 0.819. The van der Waals surface area contributed by atoms with Gasteiger partial charge < -0.3 is 19.5 Å². The Morgan fingerprint density at radius 3 is 2.56 bits per heavy atom. The molecule has 0 heterocycles. The SMILES string of the molecule is COc1cccc(COC(C)C(=O)N(C)C2(C(=O)O)CCCCC2)c1. The summed E-state index contributed by atoms with van der Waals surface area (Å²) in [6.45, 7) is 1.93. The molecule has 1 aromatic carbocycles. The maximum absolute atomic E-state index is 12.7. The molecule has 1 N–H and O–H groups in total. The van der Waals surface area contributed by atoms with Gasteiger partial charge in [0.15, 0.2) is 0 Å². The van der Waals surface area contributed by atoms with Crippen molar-refractivity contribution in [2.24, 2.45) is 0 Å². The third kappa shape index (κ3) is 4.31. The first-order chi connectivity index (χ1) is 11.9. The number of benzene rings is 1. The highest BCUT2D eigenvalue weighted by Crippen LogP contribution is 2.34. The van der Waals surface area contributed by atoms with E-state index in [0.29, 0.717) is 12.8 Å². The Kier molecular flexibility index (Phi) is 6.42. The van der Waals surface area contributed by atoms with Gasteiger partial charge in [-0.05, 0) is 37.5 Å². The summed E-state index contributed by atoms with van der Waals surface area (Å²) >= 11 is 0. The summed E-state index contributed by atoms with van der Waals surface area (Å²) in [6.07, 6.45) is 2.93. The number of aliphatic carboxylic acids is 1. The number of carbonyl (C=O) groups is 2. The summed E-state index contributed by atoms with van der Waals surface area (Å²) < 4.78 is 10.9. The zero-order valence-electron chi connectivity index (χ0n) is 15.2. The molecular weight excluding hydrogens is 322 g/mol. The second-order valence-corrected chi connectivity index (χ2v) is 6.60. The summed E-state index contributed by atoms with van der Waals surface area (Å²) in [5.74, 6) is -0.500. The number of ether oxygens (including phenoxy) is 2. The van der Waals surface area contributed by atoms with E-state index in [2.05, 4.69) is 0 Å². The molecule has 0 aromatic heterocycles. The zero-order valence-corrected chi connectivity index (χ0v) is 15.2. The van der Waals surface area contributed by atoms with E-state index in [9.17, 15) is 14.7 Å². The Morgan fingerprint density at radius 1 is 1.28 bits per heavy atom. The van der Waals surface area contributed by atoms with Crippen LogP contribution >= 0.6 is 0 Å². The van der Waals surface area contributed by atoms with Crippen molar-refractivity contribution in [3.05, 3.63) is 29.8 Å². The van der Waals surface area contributed by atoms with Crippen molar-refractivity contribution in [1.29, 1.82) is 0 Å². The molecule has 0 saturated heterocycles. The van der Waals surface area contributed by atoms with Gasteiger partial charge in [0.1, 0.15) is 17.4 Å².